The standard InChI is InChI=1S/C15H23NO2.ClH/c1-12(2)7-8-16-9-15-17-10-13-5-3-4-6-14(13)11-18-15;/h3-6,12,15-16H,7-11H2,1-2H3;1H/p-1. The fraction of sp³-hybridized carbons (Fsp3) is 0.600. The molecule has 0 fully saturated rings. The van der Waals surface area contributed by atoms with E-state index in [2.05, 4.69) is 31.3 Å². The number of hydrogen-bond donors (Lipinski definition) is 1. The fourth-order valence-electron chi connectivity index (χ4n) is 1.98. The molecule has 0 saturated heterocycles. The molecule has 1 aromatic carbocycles. The molecule has 0 radical (unpaired) electrons. The summed E-state index contributed by atoms with van der Waals surface area (Å²) in [7, 11) is 0. The highest BCUT2D eigenvalue weighted by molar-refractivity contribution is 5.26. The maximum Gasteiger partial charge on any atom is 0.170 e. The Morgan fingerprint density at radius 1 is 1.16 bits per heavy atom. The Morgan fingerprint density at radius 2 is 1.74 bits per heavy atom. The van der Waals surface area contributed by atoms with Gasteiger partial charge in [-0.05, 0) is 30.0 Å². The van der Waals surface area contributed by atoms with Crippen LogP contribution in [0.15, 0.2) is 24.3 Å². The zero-order chi connectivity index (χ0) is 12.8. The molecule has 2 rings (SSSR count). The van der Waals surface area contributed by atoms with E-state index in [0.717, 1.165) is 19.0 Å². The first kappa shape index (κ1) is 16.4. The monoisotopic (exact) mass is 284 g/mol. The first-order chi connectivity index (χ1) is 8.75. The Kier molecular flexibility index (Phi) is 7.39. The van der Waals surface area contributed by atoms with Crippen molar-refractivity contribution in [2.24, 2.45) is 5.92 Å². The van der Waals surface area contributed by atoms with Gasteiger partial charge in [0.05, 0.1) is 13.2 Å². The molecule has 3 nitrogen and oxygen atoms in total. The molecule has 19 heavy (non-hydrogen) atoms. The van der Waals surface area contributed by atoms with Crippen LogP contribution in [0.5, 0.6) is 0 Å². The Hall–Kier alpha value is -0.610. The summed E-state index contributed by atoms with van der Waals surface area (Å²) < 4.78 is 11.5. The number of benzene rings is 1. The predicted octanol–water partition coefficient (Wildman–Crippen LogP) is -0.301. The summed E-state index contributed by atoms with van der Waals surface area (Å²) in [5.74, 6) is 0.734. The molecule has 1 aromatic rings. The quantitative estimate of drug-likeness (QED) is 0.753. The van der Waals surface area contributed by atoms with Gasteiger partial charge in [0.2, 0.25) is 0 Å². The number of rotatable bonds is 5. The number of halogens is 1. The Bertz CT molecular complexity index is 344. The highest BCUT2D eigenvalue weighted by Crippen LogP contribution is 2.17. The molecule has 1 N–H and O–H groups in total. The van der Waals surface area contributed by atoms with Gasteiger partial charge in [0.25, 0.3) is 0 Å². The van der Waals surface area contributed by atoms with E-state index in [1.165, 1.54) is 17.5 Å². The van der Waals surface area contributed by atoms with Gasteiger partial charge in [-0.2, -0.15) is 0 Å². The lowest BCUT2D eigenvalue weighted by molar-refractivity contribution is -0.145. The van der Waals surface area contributed by atoms with Crippen molar-refractivity contribution in [3.05, 3.63) is 35.4 Å². The van der Waals surface area contributed by atoms with Gasteiger partial charge in [0.15, 0.2) is 6.29 Å². The molecule has 1 aliphatic heterocycles. The van der Waals surface area contributed by atoms with Crippen molar-refractivity contribution in [3.8, 4) is 0 Å². The van der Waals surface area contributed by atoms with Crippen LogP contribution in [0.25, 0.3) is 0 Å². The molecule has 1 aliphatic rings. The summed E-state index contributed by atoms with van der Waals surface area (Å²) in [6, 6.07) is 8.30. The molecule has 0 aromatic heterocycles. The van der Waals surface area contributed by atoms with Crippen molar-refractivity contribution in [2.45, 2.75) is 39.8 Å². The van der Waals surface area contributed by atoms with Crippen LogP contribution in [-0.4, -0.2) is 19.4 Å². The van der Waals surface area contributed by atoms with E-state index in [-0.39, 0.29) is 18.7 Å². The van der Waals surface area contributed by atoms with Crippen LogP contribution in [0, 0.1) is 5.92 Å². The molecular formula is C15H23ClNO2-. The number of hydrogen-bond acceptors (Lipinski definition) is 3. The number of nitrogens with one attached hydrogen (secondary N) is 1. The second-order valence-corrected chi connectivity index (χ2v) is 5.21. The van der Waals surface area contributed by atoms with E-state index >= 15 is 0 Å². The number of ether oxygens (including phenoxy) is 2. The third-order valence-electron chi connectivity index (χ3n) is 3.18. The van der Waals surface area contributed by atoms with Crippen LogP contribution in [0.4, 0.5) is 0 Å². The summed E-state index contributed by atoms with van der Waals surface area (Å²) in [4.78, 5) is 0. The molecule has 4 heteroatoms. The second-order valence-electron chi connectivity index (χ2n) is 5.21. The van der Waals surface area contributed by atoms with Crippen molar-refractivity contribution in [1.82, 2.24) is 5.32 Å². The summed E-state index contributed by atoms with van der Waals surface area (Å²) in [6.45, 7) is 7.54. The van der Waals surface area contributed by atoms with Crippen LogP contribution in [0.1, 0.15) is 31.4 Å². The molecular weight excluding hydrogens is 262 g/mol. The zero-order valence-electron chi connectivity index (χ0n) is 11.7. The maximum atomic E-state index is 5.75. The molecule has 0 unspecified atom stereocenters. The summed E-state index contributed by atoms with van der Waals surface area (Å²) >= 11 is 0. The first-order valence-electron chi connectivity index (χ1n) is 6.76. The first-order valence-corrected chi connectivity index (χ1v) is 6.76. The third kappa shape index (κ3) is 5.49. The highest BCUT2D eigenvalue weighted by atomic mass is 35.5. The van der Waals surface area contributed by atoms with E-state index in [1.807, 2.05) is 12.1 Å². The van der Waals surface area contributed by atoms with E-state index in [4.69, 9.17) is 9.47 Å². The maximum absolute atomic E-state index is 5.75. The lowest BCUT2D eigenvalue weighted by Crippen LogP contribution is -3.00. The zero-order valence-corrected chi connectivity index (χ0v) is 12.5. The van der Waals surface area contributed by atoms with Crippen LogP contribution in [-0.2, 0) is 22.7 Å². The van der Waals surface area contributed by atoms with Gasteiger partial charge >= 0.3 is 0 Å². The van der Waals surface area contributed by atoms with E-state index in [1.54, 1.807) is 0 Å². The normalized spacial score (nSPS) is 15.7. The topological polar surface area (TPSA) is 30.5 Å². The predicted molar refractivity (Wildman–Crippen MR) is 72.1 cm³/mol. The van der Waals surface area contributed by atoms with Crippen molar-refractivity contribution in [2.75, 3.05) is 13.1 Å². The van der Waals surface area contributed by atoms with Crippen LogP contribution >= 0.6 is 0 Å². The van der Waals surface area contributed by atoms with Crippen molar-refractivity contribution >= 4 is 0 Å². The van der Waals surface area contributed by atoms with E-state index < -0.39 is 0 Å². The van der Waals surface area contributed by atoms with Gasteiger partial charge in [-0.1, -0.05) is 38.1 Å². The third-order valence-corrected chi connectivity index (χ3v) is 3.18. The molecule has 0 saturated carbocycles. The van der Waals surface area contributed by atoms with Gasteiger partial charge in [-0.15, -0.1) is 0 Å². The number of fused-ring (bicyclic) bond motifs is 1. The average Bonchev–Trinajstić information content (AvgIpc) is 2.57. The SMILES string of the molecule is CC(C)CCNCC1OCc2ccccc2CO1.[Cl-]. The van der Waals surface area contributed by atoms with Crippen LogP contribution in [0.3, 0.4) is 0 Å². The molecule has 0 spiro atoms. The van der Waals surface area contributed by atoms with Crippen LogP contribution < -0.4 is 17.7 Å². The molecule has 1 heterocycles. The Labute approximate surface area is 122 Å². The molecule has 0 atom stereocenters. The largest absolute Gasteiger partial charge is 1.00 e. The molecule has 0 amide bonds. The summed E-state index contributed by atoms with van der Waals surface area (Å²) in [5, 5.41) is 3.39. The molecule has 0 aliphatic carbocycles. The van der Waals surface area contributed by atoms with Gasteiger partial charge in [0.1, 0.15) is 0 Å². The van der Waals surface area contributed by atoms with Gasteiger partial charge in [-0.25, -0.2) is 0 Å². The average molecular weight is 285 g/mol. The Morgan fingerprint density at radius 3 is 2.26 bits per heavy atom. The minimum absolute atomic E-state index is 0. The van der Waals surface area contributed by atoms with Gasteiger partial charge in [-0.3, -0.25) is 0 Å². The second kappa shape index (κ2) is 8.54. The van der Waals surface area contributed by atoms with Crippen molar-refractivity contribution < 1.29 is 21.9 Å². The fourth-order valence-corrected chi connectivity index (χ4v) is 1.98. The van der Waals surface area contributed by atoms with Crippen molar-refractivity contribution in [1.29, 1.82) is 0 Å². The molecule has 108 valence electrons. The molecule has 0 bridgehead atoms. The lowest BCUT2D eigenvalue weighted by atomic mass is 10.1. The van der Waals surface area contributed by atoms with Crippen LogP contribution in [0.2, 0.25) is 0 Å². The van der Waals surface area contributed by atoms with Gasteiger partial charge in [0, 0.05) is 6.54 Å². The Balaban J connectivity index is 0.00000180. The van der Waals surface area contributed by atoms with Gasteiger partial charge < -0.3 is 27.2 Å². The highest BCUT2D eigenvalue weighted by Gasteiger charge is 2.15. The summed E-state index contributed by atoms with van der Waals surface area (Å²) in [6.07, 6.45) is 1.05. The van der Waals surface area contributed by atoms with Crippen molar-refractivity contribution in [3.63, 3.8) is 0 Å². The lowest BCUT2D eigenvalue weighted by Gasteiger charge is -2.16. The smallest absolute Gasteiger partial charge is 0.170 e. The van der Waals surface area contributed by atoms with E-state index in [0.29, 0.717) is 13.2 Å². The summed E-state index contributed by atoms with van der Waals surface area (Å²) in [5.41, 5.74) is 2.48. The minimum atomic E-state index is -0.135. The minimum Gasteiger partial charge on any atom is -1.00 e. The van der Waals surface area contributed by atoms with E-state index in [9.17, 15) is 0 Å².